The minimum Gasteiger partial charge on any atom is -0.452 e. The summed E-state index contributed by atoms with van der Waals surface area (Å²) in [7, 11) is 0. The number of rotatable bonds is 6. The number of halogens is 3. The van der Waals surface area contributed by atoms with Crippen LogP contribution in [0.2, 0.25) is 0 Å². The summed E-state index contributed by atoms with van der Waals surface area (Å²) in [4.78, 5) is 27.5. The maximum atomic E-state index is 13.8. The van der Waals surface area contributed by atoms with E-state index in [1.807, 2.05) is 0 Å². The molecule has 3 aromatic rings. The van der Waals surface area contributed by atoms with Crippen molar-refractivity contribution >= 4 is 50.4 Å². The Morgan fingerprint density at radius 3 is 2.86 bits per heavy atom. The molecule has 10 heteroatoms. The third-order valence-electron chi connectivity index (χ3n) is 3.28. The predicted molar refractivity (Wildman–Crippen MR) is 102 cm³/mol. The minimum absolute atomic E-state index is 0.0159. The lowest BCUT2D eigenvalue weighted by Gasteiger charge is -2.02. The predicted octanol–water partition coefficient (Wildman–Crippen LogP) is 4.64. The SMILES string of the molecule is O=C(COC(=O)/C=C/c1ccc(Br)o1)Nc1nc(-c2cc(F)ccc2F)cs1. The molecule has 2 aromatic heterocycles. The van der Waals surface area contributed by atoms with E-state index < -0.39 is 30.1 Å². The van der Waals surface area contributed by atoms with Crippen molar-refractivity contribution in [2.24, 2.45) is 0 Å². The highest BCUT2D eigenvalue weighted by Gasteiger charge is 2.13. The van der Waals surface area contributed by atoms with E-state index in [1.165, 1.54) is 11.5 Å². The second-order valence-corrected chi connectivity index (χ2v) is 6.93. The van der Waals surface area contributed by atoms with E-state index >= 15 is 0 Å². The van der Waals surface area contributed by atoms with Crippen molar-refractivity contribution < 1.29 is 27.5 Å². The first kappa shape index (κ1) is 19.9. The molecular formula is C18H11BrF2N2O4S. The van der Waals surface area contributed by atoms with Gasteiger partial charge in [0.15, 0.2) is 16.4 Å². The van der Waals surface area contributed by atoms with Crippen LogP contribution >= 0.6 is 27.3 Å². The van der Waals surface area contributed by atoms with Crippen LogP contribution in [-0.2, 0) is 14.3 Å². The third-order valence-corrected chi connectivity index (χ3v) is 4.46. The lowest BCUT2D eigenvalue weighted by Crippen LogP contribution is -2.20. The standard InChI is InChI=1S/C18H11BrF2N2O4S/c19-15-5-2-11(27-15)3-6-17(25)26-8-16(24)23-18-22-14(9-28-18)12-7-10(20)1-4-13(12)21/h1-7,9H,8H2,(H,22,23,24)/b6-3+. The lowest BCUT2D eigenvalue weighted by atomic mass is 10.1. The molecule has 0 atom stereocenters. The molecule has 0 aliphatic carbocycles. The van der Waals surface area contributed by atoms with Gasteiger partial charge in [0.05, 0.1) is 5.69 Å². The summed E-state index contributed by atoms with van der Waals surface area (Å²) >= 11 is 4.16. The van der Waals surface area contributed by atoms with Gasteiger partial charge < -0.3 is 9.15 Å². The number of hydrogen-bond donors (Lipinski definition) is 1. The molecule has 0 bridgehead atoms. The summed E-state index contributed by atoms with van der Waals surface area (Å²) < 4.78 is 37.5. The average Bonchev–Trinajstić information content (AvgIpc) is 3.29. The van der Waals surface area contributed by atoms with Crippen LogP contribution in [0.15, 0.2) is 50.9 Å². The van der Waals surface area contributed by atoms with E-state index in [4.69, 9.17) is 9.15 Å². The maximum absolute atomic E-state index is 13.8. The van der Waals surface area contributed by atoms with E-state index in [0.29, 0.717) is 10.4 Å². The lowest BCUT2D eigenvalue weighted by molar-refractivity contribution is -0.142. The number of nitrogens with one attached hydrogen (secondary N) is 1. The minimum atomic E-state index is -0.732. The number of esters is 1. The molecule has 0 unspecified atom stereocenters. The van der Waals surface area contributed by atoms with E-state index in [-0.39, 0.29) is 16.4 Å². The molecule has 2 heterocycles. The quantitative estimate of drug-likeness (QED) is 0.420. The first-order valence-corrected chi connectivity index (χ1v) is 9.39. The Bertz CT molecular complexity index is 1050. The summed E-state index contributed by atoms with van der Waals surface area (Å²) in [5.74, 6) is -2.15. The van der Waals surface area contributed by atoms with Crippen molar-refractivity contribution in [3.05, 3.63) is 63.9 Å². The maximum Gasteiger partial charge on any atom is 0.331 e. The summed E-state index contributed by atoms with van der Waals surface area (Å²) in [6.07, 6.45) is 2.51. The van der Waals surface area contributed by atoms with Crippen LogP contribution in [0.5, 0.6) is 0 Å². The second kappa shape index (κ2) is 8.89. The fraction of sp³-hybridized carbons (Fsp3) is 0.0556. The van der Waals surface area contributed by atoms with Crippen LogP contribution in [0, 0.1) is 11.6 Å². The van der Waals surface area contributed by atoms with Crippen LogP contribution in [-0.4, -0.2) is 23.5 Å². The van der Waals surface area contributed by atoms with E-state index in [0.717, 1.165) is 35.6 Å². The van der Waals surface area contributed by atoms with Crippen LogP contribution in [0.25, 0.3) is 17.3 Å². The summed E-state index contributed by atoms with van der Waals surface area (Å²) in [5.41, 5.74) is 0.166. The number of thiazole rings is 1. The number of nitrogens with zero attached hydrogens (tertiary/aromatic N) is 1. The molecule has 1 aromatic carbocycles. The molecule has 3 rings (SSSR count). The Labute approximate surface area is 170 Å². The van der Waals surface area contributed by atoms with Gasteiger partial charge in [-0.1, -0.05) is 0 Å². The molecule has 1 amide bonds. The van der Waals surface area contributed by atoms with Gasteiger partial charge in [0, 0.05) is 17.0 Å². The van der Waals surface area contributed by atoms with Gasteiger partial charge >= 0.3 is 5.97 Å². The van der Waals surface area contributed by atoms with Gasteiger partial charge in [-0.05, 0) is 52.3 Å². The number of anilines is 1. The Kier molecular flexibility index (Phi) is 6.32. The average molecular weight is 469 g/mol. The first-order chi connectivity index (χ1) is 13.4. The molecule has 6 nitrogen and oxygen atoms in total. The van der Waals surface area contributed by atoms with E-state index in [2.05, 4.69) is 26.2 Å². The number of benzene rings is 1. The monoisotopic (exact) mass is 468 g/mol. The van der Waals surface area contributed by atoms with Gasteiger partial charge in [0.1, 0.15) is 17.4 Å². The van der Waals surface area contributed by atoms with Crippen molar-refractivity contribution in [2.75, 3.05) is 11.9 Å². The summed E-state index contributed by atoms with van der Waals surface area (Å²) in [6.45, 7) is -0.533. The molecule has 0 aliphatic heterocycles. The van der Waals surface area contributed by atoms with Crippen LogP contribution in [0.3, 0.4) is 0 Å². The zero-order chi connectivity index (χ0) is 20.1. The number of amides is 1. The van der Waals surface area contributed by atoms with Gasteiger partial charge in [-0.3, -0.25) is 10.1 Å². The highest BCUT2D eigenvalue weighted by molar-refractivity contribution is 9.10. The van der Waals surface area contributed by atoms with Crippen LogP contribution in [0.1, 0.15) is 5.76 Å². The normalized spacial score (nSPS) is 11.0. The van der Waals surface area contributed by atoms with Crippen molar-refractivity contribution in [1.29, 1.82) is 0 Å². The van der Waals surface area contributed by atoms with Gasteiger partial charge in [-0.15, -0.1) is 11.3 Å². The van der Waals surface area contributed by atoms with Crippen molar-refractivity contribution in [1.82, 2.24) is 4.98 Å². The molecule has 144 valence electrons. The van der Waals surface area contributed by atoms with Crippen LogP contribution in [0.4, 0.5) is 13.9 Å². The number of ether oxygens (including phenoxy) is 1. The zero-order valence-corrected chi connectivity index (χ0v) is 16.4. The number of furan rings is 1. The largest absolute Gasteiger partial charge is 0.452 e. The zero-order valence-electron chi connectivity index (χ0n) is 13.9. The Morgan fingerprint density at radius 1 is 1.29 bits per heavy atom. The number of carbonyl (C=O) groups is 2. The second-order valence-electron chi connectivity index (χ2n) is 5.29. The molecule has 0 spiro atoms. The number of carbonyl (C=O) groups excluding carboxylic acids is 2. The molecule has 1 N–H and O–H groups in total. The first-order valence-electron chi connectivity index (χ1n) is 7.71. The van der Waals surface area contributed by atoms with Gasteiger partial charge in [0.2, 0.25) is 0 Å². The highest BCUT2D eigenvalue weighted by atomic mass is 79.9. The molecule has 0 aliphatic rings. The smallest absolute Gasteiger partial charge is 0.331 e. The Balaban J connectivity index is 1.52. The molecule has 0 saturated carbocycles. The molecule has 0 radical (unpaired) electrons. The van der Waals surface area contributed by atoms with E-state index in [9.17, 15) is 18.4 Å². The third kappa shape index (κ3) is 5.33. The van der Waals surface area contributed by atoms with Gasteiger partial charge in [-0.2, -0.15) is 0 Å². The Morgan fingerprint density at radius 2 is 2.11 bits per heavy atom. The molecule has 28 heavy (non-hydrogen) atoms. The molecular weight excluding hydrogens is 458 g/mol. The van der Waals surface area contributed by atoms with Gasteiger partial charge in [-0.25, -0.2) is 18.6 Å². The van der Waals surface area contributed by atoms with Gasteiger partial charge in [0.25, 0.3) is 5.91 Å². The highest BCUT2D eigenvalue weighted by Crippen LogP contribution is 2.27. The number of hydrogen-bond acceptors (Lipinski definition) is 6. The Hall–Kier alpha value is -2.85. The van der Waals surface area contributed by atoms with Crippen molar-refractivity contribution in [2.45, 2.75) is 0 Å². The van der Waals surface area contributed by atoms with Crippen LogP contribution < -0.4 is 5.32 Å². The molecule has 0 saturated heterocycles. The fourth-order valence-electron chi connectivity index (χ4n) is 2.06. The fourth-order valence-corrected chi connectivity index (χ4v) is 3.10. The number of aromatic nitrogens is 1. The van der Waals surface area contributed by atoms with E-state index in [1.54, 1.807) is 12.1 Å². The van der Waals surface area contributed by atoms with Crippen molar-refractivity contribution in [3.63, 3.8) is 0 Å². The topological polar surface area (TPSA) is 81.4 Å². The molecule has 0 fully saturated rings. The summed E-state index contributed by atoms with van der Waals surface area (Å²) in [5, 5.41) is 4.06. The summed E-state index contributed by atoms with van der Waals surface area (Å²) in [6, 6.07) is 6.32. The van der Waals surface area contributed by atoms with Crippen molar-refractivity contribution in [3.8, 4) is 11.3 Å².